The summed E-state index contributed by atoms with van der Waals surface area (Å²) >= 11 is 0. The van der Waals surface area contributed by atoms with Crippen molar-refractivity contribution in [1.29, 1.82) is 0 Å². The number of rotatable bonds is 4. The SMILES string of the molecule is CS(=O)(=O)[C@H](CO)/C(=N\O)c1cccc(N)c1. The summed E-state index contributed by atoms with van der Waals surface area (Å²) in [5, 5.41) is 19.7. The highest BCUT2D eigenvalue weighted by molar-refractivity contribution is 7.92. The molecule has 0 unspecified atom stereocenters. The number of oxime groups is 1. The van der Waals surface area contributed by atoms with E-state index in [9.17, 15) is 8.42 Å². The second-order valence-corrected chi connectivity index (χ2v) is 5.84. The molecule has 4 N–H and O–H groups in total. The van der Waals surface area contributed by atoms with Gasteiger partial charge in [-0.2, -0.15) is 0 Å². The van der Waals surface area contributed by atoms with Gasteiger partial charge in [-0.05, 0) is 12.1 Å². The second kappa shape index (κ2) is 5.15. The molecule has 0 saturated heterocycles. The fourth-order valence-electron chi connectivity index (χ4n) is 1.43. The molecule has 1 aromatic rings. The van der Waals surface area contributed by atoms with Gasteiger partial charge in [-0.15, -0.1) is 0 Å². The molecule has 7 heteroatoms. The van der Waals surface area contributed by atoms with Gasteiger partial charge in [-0.3, -0.25) is 0 Å². The van der Waals surface area contributed by atoms with Gasteiger partial charge in [-0.25, -0.2) is 8.42 Å². The maximum Gasteiger partial charge on any atom is 0.158 e. The summed E-state index contributed by atoms with van der Waals surface area (Å²) in [6.45, 7) is -0.660. The summed E-state index contributed by atoms with van der Waals surface area (Å²) in [7, 11) is -3.57. The summed E-state index contributed by atoms with van der Waals surface area (Å²) in [5.74, 6) is 0. The average Bonchev–Trinajstić information content (AvgIpc) is 2.23. The molecule has 0 radical (unpaired) electrons. The summed E-state index contributed by atoms with van der Waals surface area (Å²) in [5.41, 5.74) is 6.20. The number of sulfone groups is 1. The molecule has 0 aliphatic carbocycles. The van der Waals surface area contributed by atoms with Crippen LogP contribution in [0.5, 0.6) is 0 Å². The smallest absolute Gasteiger partial charge is 0.158 e. The minimum Gasteiger partial charge on any atom is -0.411 e. The molecule has 1 atom stereocenters. The minimum absolute atomic E-state index is 0.123. The van der Waals surface area contributed by atoms with Crippen molar-refractivity contribution in [3.8, 4) is 0 Å². The number of benzene rings is 1. The van der Waals surface area contributed by atoms with Crippen molar-refractivity contribution in [3.63, 3.8) is 0 Å². The van der Waals surface area contributed by atoms with Crippen molar-refractivity contribution in [2.45, 2.75) is 5.25 Å². The fraction of sp³-hybridized carbons (Fsp3) is 0.300. The van der Waals surface area contributed by atoms with Gasteiger partial charge < -0.3 is 16.0 Å². The van der Waals surface area contributed by atoms with Gasteiger partial charge in [0.2, 0.25) is 0 Å². The van der Waals surface area contributed by atoms with Crippen LogP contribution in [0, 0.1) is 0 Å². The van der Waals surface area contributed by atoms with Crippen LogP contribution < -0.4 is 5.73 Å². The summed E-state index contributed by atoms with van der Waals surface area (Å²) in [4.78, 5) is 0. The topological polar surface area (TPSA) is 113 Å². The first-order chi connectivity index (χ1) is 7.90. The monoisotopic (exact) mass is 258 g/mol. The van der Waals surface area contributed by atoms with Crippen molar-refractivity contribution in [2.75, 3.05) is 18.6 Å². The molecular formula is C10H14N2O4S. The number of anilines is 1. The van der Waals surface area contributed by atoms with Gasteiger partial charge in [0.05, 0.1) is 6.61 Å². The van der Waals surface area contributed by atoms with Crippen LogP contribution in [0.2, 0.25) is 0 Å². The number of hydrogen-bond acceptors (Lipinski definition) is 6. The molecule has 0 aliphatic heterocycles. The zero-order valence-corrected chi connectivity index (χ0v) is 10.1. The Kier molecular flexibility index (Phi) is 4.08. The van der Waals surface area contributed by atoms with Crippen LogP contribution in [0.1, 0.15) is 5.56 Å². The third kappa shape index (κ3) is 3.18. The lowest BCUT2D eigenvalue weighted by Crippen LogP contribution is -2.33. The zero-order chi connectivity index (χ0) is 13.1. The number of hydrogen-bond donors (Lipinski definition) is 3. The molecular weight excluding hydrogens is 244 g/mol. The van der Waals surface area contributed by atoms with E-state index < -0.39 is 21.7 Å². The van der Waals surface area contributed by atoms with E-state index in [0.29, 0.717) is 11.3 Å². The van der Waals surface area contributed by atoms with Crippen LogP contribution in [-0.2, 0) is 9.84 Å². The predicted octanol–water partition coefficient (Wildman–Crippen LogP) is -0.147. The standard InChI is InChI=1S/C10H14N2O4S/c1-17(15,16)9(6-13)10(12-14)7-3-2-4-8(11)5-7/h2-5,9,13-14H,6,11H2,1H3/b12-10-/t9-/m1/s1. The lowest BCUT2D eigenvalue weighted by molar-refractivity contribution is 0.296. The second-order valence-electron chi connectivity index (χ2n) is 3.61. The van der Waals surface area contributed by atoms with E-state index in [4.69, 9.17) is 16.0 Å². The Balaban J connectivity index is 3.25. The first-order valence-corrected chi connectivity index (χ1v) is 6.73. The summed E-state index contributed by atoms with van der Waals surface area (Å²) in [6.07, 6.45) is 0.964. The molecule has 6 nitrogen and oxygen atoms in total. The van der Waals surface area contributed by atoms with Crippen LogP contribution in [0.3, 0.4) is 0 Å². The Morgan fingerprint density at radius 1 is 1.53 bits per heavy atom. The summed E-state index contributed by atoms with van der Waals surface area (Å²) in [6, 6.07) is 6.25. The van der Waals surface area contributed by atoms with Crippen LogP contribution in [0.25, 0.3) is 0 Å². The van der Waals surface area contributed by atoms with Crippen molar-refractivity contribution in [1.82, 2.24) is 0 Å². The Morgan fingerprint density at radius 3 is 2.59 bits per heavy atom. The molecule has 0 saturated carbocycles. The molecule has 1 aromatic carbocycles. The number of nitrogens with two attached hydrogens (primary N) is 1. The molecule has 0 aliphatic rings. The zero-order valence-electron chi connectivity index (χ0n) is 9.24. The normalized spacial score (nSPS) is 14.6. The molecule has 0 spiro atoms. The van der Waals surface area contributed by atoms with E-state index in [1.165, 1.54) is 6.07 Å². The van der Waals surface area contributed by atoms with Gasteiger partial charge >= 0.3 is 0 Å². The number of nitrogen functional groups attached to an aromatic ring is 1. The molecule has 0 amide bonds. The maximum absolute atomic E-state index is 11.4. The van der Waals surface area contributed by atoms with Gasteiger partial charge in [0, 0.05) is 17.5 Å². The highest BCUT2D eigenvalue weighted by Gasteiger charge is 2.27. The highest BCUT2D eigenvalue weighted by Crippen LogP contribution is 2.13. The van der Waals surface area contributed by atoms with E-state index in [2.05, 4.69) is 5.16 Å². The van der Waals surface area contributed by atoms with Gasteiger partial charge in [0.25, 0.3) is 0 Å². The molecule has 0 bridgehead atoms. The Labute approximate surface area is 99.3 Å². The molecule has 0 fully saturated rings. The quantitative estimate of drug-likeness (QED) is 0.301. The van der Waals surface area contributed by atoms with E-state index in [-0.39, 0.29) is 5.71 Å². The Morgan fingerprint density at radius 2 is 2.18 bits per heavy atom. The van der Waals surface area contributed by atoms with Crippen molar-refractivity contribution in [3.05, 3.63) is 29.8 Å². The molecule has 1 rings (SSSR count). The van der Waals surface area contributed by atoms with Crippen molar-refractivity contribution < 1.29 is 18.7 Å². The molecule has 17 heavy (non-hydrogen) atoms. The van der Waals surface area contributed by atoms with Crippen LogP contribution in [0.15, 0.2) is 29.4 Å². The number of nitrogens with zero attached hydrogens (tertiary/aromatic N) is 1. The first-order valence-electron chi connectivity index (χ1n) is 4.77. The van der Waals surface area contributed by atoms with Crippen LogP contribution >= 0.6 is 0 Å². The van der Waals surface area contributed by atoms with Crippen molar-refractivity contribution in [2.24, 2.45) is 5.16 Å². The van der Waals surface area contributed by atoms with E-state index >= 15 is 0 Å². The van der Waals surface area contributed by atoms with Crippen LogP contribution in [0.4, 0.5) is 5.69 Å². The van der Waals surface area contributed by atoms with Gasteiger partial charge in [0.1, 0.15) is 11.0 Å². The third-order valence-corrected chi connectivity index (χ3v) is 3.68. The van der Waals surface area contributed by atoms with E-state index in [0.717, 1.165) is 6.26 Å². The minimum atomic E-state index is -3.57. The van der Waals surface area contributed by atoms with Crippen LogP contribution in [-0.4, -0.2) is 42.6 Å². The largest absolute Gasteiger partial charge is 0.411 e. The van der Waals surface area contributed by atoms with Crippen molar-refractivity contribution >= 4 is 21.2 Å². The first kappa shape index (κ1) is 13.5. The number of aliphatic hydroxyl groups excluding tert-OH is 1. The highest BCUT2D eigenvalue weighted by atomic mass is 32.2. The Hall–Kier alpha value is -1.60. The van der Waals surface area contributed by atoms with Gasteiger partial charge in [-0.1, -0.05) is 17.3 Å². The lowest BCUT2D eigenvalue weighted by Gasteiger charge is -2.14. The molecule has 0 heterocycles. The fourth-order valence-corrected chi connectivity index (χ4v) is 2.29. The lowest BCUT2D eigenvalue weighted by atomic mass is 10.1. The van der Waals surface area contributed by atoms with Gasteiger partial charge in [0.15, 0.2) is 9.84 Å². The molecule has 94 valence electrons. The number of aliphatic hydroxyl groups is 1. The Bertz CT molecular complexity index is 525. The van der Waals surface area contributed by atoms with E-state index in [1.807, 2.05) is 0 Å². The summed E-state index contributed by atoms with van der Waals surface area (Å²) < 4.78 is 22.9. The van der Waals surface area contributed by atoms with E-state index in [1.54, 1.807) is 18.2 Å². The predicted molar refractivity (Wildman–Crippen MR) is 64.9 cm³/mol. The maximum atomic E-state index is 11.4. The third-order valence-electron chi connectivity index (χ3n) is 2.28. The average molecular weight is 258 g/mol. The molecule has 0 aromatic heterocycles.